The van der Waals surface area contributed by atoms with Crippen LogP contribution in [0.1, 0.15) is 57.7 Å². The van der Waals surface area contributed by atoms with E-state index in [1.165, 1.54) is 12.8 Å². The van der Waals surface area contributed by atoms with E-state index in [9.17, 15) is 5.11 Å². The van der Waals surface area contributed by atoms with Crippen LogP contribution in [-0.2, 0) is 6.54 Å². The highest BCUT2D eigenvalue weighted by Crippen LogP contribution is 2.45. The number of aryl methyl sites for hydroxylation is 1. The van der Waals surface area contributed by atoms with E-state index >= 15 is 0 Å². The summed E-state index contributed by atoms with van der Waals surface area (Å²) in [6.45, 7) is 5.27. The zero-order chi connectivity index (χ0) is 15.6. The number of halogens is 1. The van der Waals surface area contributed by atoms with E-state index in [0.717, 1.165) is 36.0 Å². The Morgan fingerprint density at radius 1 is 1.57 bits per heavy atom. The molecule has 1 N–H and O–H groups in total. The first-order valence-electron chi connectivity index (χ1n) is 7.99. The van der Waals surface area contributed by atoms with Crippen molar-refractivity contribution in [3.63, 3.8) is 0 Å². The zero-order valence-corrected chi connectivity index (χ0v) is 15.2. The highest BCUT2D eigenvalue weighted by molar-refractivity contribution is 9.10. The second-order valence-electron chi connectivity index (χ2n) is 6.70. The van der Waals surface area contributed by atoms with Gasteiger partial charge in [-0.3, -0.25) is 4.68 Å². The number of likely N-dealkylation sites (N-methyl/N-ethyl adjacent to an activating group) is 1. The summed E-state index contributed by atoms with van der Waals surface area (Å²) in [7, 11) is 4.19. The first-order valence-corrected chi connectivity index (χ1v) is 8.78. The molecule has 1 fully saturated rings. The van der Waals surface area contributed by atoms with Crippen molar-refractivity contribution in [1.82, 2.24) is 14.7 Å². The third-order valence-electron chi connectivity index (χ3n) is 4.94. The van der Waals surface area contributed by atoms with Crippen LogP contribution in [0.5, 0.6) is 0 Å². The Morgan fingerprint density at radius 2 is 2.29 bits per heavy atom. The van der Waals surface area contributed by atoms with Crippen LogP contribution < -0.4 is 0 Å². The molecule has 1 aliphatic carbocycles. The van der Waals surface area contributed by atoms with E-state index in [-0.39, 0.29) is 5.54 Å². The van der Waals surface area contributed by atoms with E-state index in [4.69, 9.17) is 0 Å². The summed E-state index contributed by atoms with van der Waals surface area (Å²) in [6.07, 6.45) is 6.82. The number of nitrogens with zero attached hydrogens (tertiary/aromatic N) is 3. The lowest BCUT2D eigenvalue weighted by Crippen LogP contribution is -2.52. The van der Waals surface area contributed by atoms with E-state index in [1.54, 1.807) is 0 Å². The van der Waals surface area contributed by atoms with Crippen LogP contribution in [0.2, 0.25) is 0 Å². The van der Waals surface area contributed by atoms with Gasteiger partial charge < -0.3 is 10.0 Å². The molecule has 1 aromatic heterocycles. The molecule has 1 heterocycles. The van der Waals surface area contributed by atoms with Gasteiger partial charge in [0.15, 0.2) is 0 Å². The van der Waals surface area contributed by atoms with Crippen molar-refractivity contribution in [2.24, 2.45) is 5.92 Å². The topological polar surface area (TPSA) is 41.3 Å². The smallest absolute Gasteiger partial charge is 0.115 e. The molecule has 5 heteroatoms. The largest absolute Gasteiger partial charge is 0.385 e. The molecule has 1 aliphatic rings. The Bertz CT molecular complexity index is 474. The van der Waals surface area contributed by atoms with Crippen LogP contribution in [-0.4, -0.2) is 39.4 Å². The van der Waals surface area contributed by atoms with Gasteiger partial charge in [-0.25, -0.2) is 0 Å². The van der Waals surface area contributed by atoms with Crippen molar-refractivity contribution in [3.8, 4) is 0 Å². The lowest BCUT2D eigenvalue weighted by atomic mass is 9.71. The Balaban J connectivity index is 2.39. The van der Waals surface area contributed by atoms with Crippen molar-refractivity contribution < 1.29 is 5.11 Å². The molecular formula is C16H28BrN3O. The molecule has 0 bridgehead atoms. The summed E-state index contributed by atoms with van der Waals surface area (Å²) in [4.78, 5) is 2.23. The maximum Gasteiger partial charge on any atom is 0.115 e. The Labute approximate surface area is 136 Å². The average Bonchev–Trinajstić information content (AvgIpc) is 2.79. The van der Waals surface area contributed by atoms with Crippen LogP contribution in [0.4, 0.5) is 0 Å². The molecule has 0 aromatic carbocycles. The normalized spacial score (nSPS) is 28.0. The van der Waals surface area contributed by atoms with Crippen LogP contribution >= 0.6 is 15.9 Å². The molecule has 1 saturated carbocycles. The van der Waals surface area contributed by atoms with Gasteiger partial charge in [-0.1, -0.05) is 26.7 Å². The maximum absolute atomic E-state index is 11.2. The Hall–Kier alpha value is -0.390. The third kappa shape index (κ3) is 3.20. The van der Waals surface area contributed by atoms with E-state index in [1.807, 2.05) is 10.9 Å². The van der Waals surface area contributed by atoms with Crippen molar-refractivity contribution in [2.45, 2.75) is 64.1 Å². The highest BCUT2D eigenvalue weighted by atomic mass is 79.9. The van der Waals surface area contributed by atoms with Gasteiger partial charge in [0.05, 0.1) is 21.9 Å². The lowest BCUT2D eigenvalue weighted by Gasteiger charge is -2.48. The molecule has 0 radical (unpaired) electrons. The number of rotatable bonds is 5. The maximum atomic E-state index is 11.2. The number of aliphatic hydroxyl groups excluding tert-OH is 1. The summed E-state index contributed by atoms with van der Waals surface area (Å²) in [5.41, 5.74) is 0.741. The number of hydrogen-bond acceptors (Lipinski definition) is 3. The molecule has 0 amide bonds. The van der Waals surface area contributed by atoms with Crippen LogP contribution in [0.3, 0.4) is 0 Å². The van der Waals surface area contributed by atoms with Crippen molar-refractivity contribution in [1.29, 1.82) is 0 Å². The summed E-state index contributed by atoms with van der Waals surface area (Å²) in [5, 5.41) is 15.7. The first-order chi connectivity index (χ1) is 9.92. The van der Waals surface area contributed by atoms with Gasteiger partial charge in [0.25, 0.3) is 0 Å². The molecule has 2 rings (SSSR count). The van der Waals surface area contributed by atoms with E-state index in [0.29, 0.717) is 5.92 Å². The molecule has 1 aromatic rings. The van der Waals surface area contributed by atoms with Crippen molar-refractivity contribution in [2.75, 3.05) is 14.1 Å². The molecule has 0 spiro atoms. The predicted octanol–water partition coefficient (Wildman–Crippen LogP) is 3.60. The van der Waals surface area contributed by atoms with E-state index < -0.39 is 6.10 Å². The first kappa shape index (κ1) is 17.0. The lowest BCUT2D eigenvalue weighted by molar-refractivity contribution is -0.0494. The monoisotopic (exact) mass is 357 g/mol. The standard InChI is InChI=1S/C16H28BrN3O/c1-5-9-20-14(13(17)11-18-20)15(21)16(19(3)4)8-6-7-12(2)10-16/h11-12,15,21H,5-10H2,1-4H3. The van der Waals surface area contributed by atoms with Gasteiger partial charge in [-0.15, -0.1) is 0 Å². The van der Waals surface area contributed by atoms with Crippen molar-refractivity contribution in [3.05, 3.63) is 16.4 Å². The quantitative estimate of drug-likeness (QED) is 0.875. The number of aliphatic hydroxyl groups is 1. The number of hydrogen-bond donors (Lipinski definition) is 1. The van der Waals surface area contributed by atoms with Gasteiger partial charge in [-0.2, -0.15) is 5.10 Å². The highest BCUT2D eigenvalue weighted by Gasteiger charge is 2.45. The average molecular weight is 358 g/mol. The SMILES string of the molecule is CCCn1ncc(Br)c1C(O)C1(N(C)C)CCCC(C)C1. The summed E-state index contributed by atoms with van der Waals surface area (Å²) < 4.78 is 2.88. The minimum atomic E-state index is -0.515. The number of aromatic nitrogens is 2. The fourth-order valence-electron chi connectivity index (χ4n) is 3.75. The molecule has 3 atom stereocenters. The fourth-order valence-corrected chi connectivity index (χ4v) is 4.26. The van der Waals surface area contributed by atoms with Gasteiger partial charge in [-0.05, 0) is 55.2 Å². The second kappa shape index (κ2) is 6.80. The fraction of sp³-hybridized carbons (Fsp3) is 0.812. The molecule has 120 valence electrons. The van der Waals surface area contributed by atoms with Gasteiger partial charge in [0.1, 0.15) is 6.10 Å². The van der Waals surface area contributed by atoms with Gasteiger partial charge >= 0.3 is 0 Å². The minimum Gasteiger partial charge on any atom is -0.385 e. The second-order valence-corrected chi connectivity index (χ2v) is 7.56. The molecule has 4 nitrogen and oxygen atoms in total. The predicted molar refractivity (Wildman–Crippen MR) is 89.2 cm³/mol. The molecule has 21 heavy (non-hydrogen) atoms. The molecule has 0 aliphatic heterocycles. The zero-order valence-electron chi connectivity index (χ0n) is 13.6. The minimum absolute atomic E-state index is 0.189. The van der Waals surface area contributed by atoms with Gasteiger partial charge in [0.2, 0.25) is 0 Å². The van der Waals surface area contributed by atoms with Gasteiger partial charge in [0, 0.05) is 6.54 Å². The summed E-state index contributed by atoms with van der Waals surface area (Å²) in [5.74, 6) is 0.650. The van der Waals surface area contributed by atoms with Crippen LogP contribution in [0.15, 0.2) is 10.7 Å². The van der Waals surface area contributed by atoms with Crippen LogP contribution in [0.25, 0.3) is 0 Å². The van der Waals surface area contributed by atoms with Crippen LogP contribution in [0, 0.1) is 5.92 Å². The Kier molecular flexibility index (Phi) is 5.49. The molecular weight excluding hydrogens is 330 g/mol. The third-order valence-corrected chi connectivity index (χ3v) is 5.55. The van der Waals surface area contributed by atoms with Crippen molar-refractivity contribution >= 4 is 15.9 Å². The Morgan fingerprint density at radius 3 is 2.86 bits per heavy atom. The summed E-state index contributed by atoms with van der Waals surface area (Å²) >= 11 is 3.58. The summed E-state index contributed by atoms with van der Waals surface area (Å²) in [6, 6.07) is 0. The molecule has 0 saturated heterocycles. The molecule has 3 unspecified atom stereocenters. The van der Waals surface area contributed by atoms with E-state index in [2.05, 4.69) is 53.9 Å².